The third kappa shape index (κ3) is 29.1. The Morgan fingerprint density at radius 3 is 1.76 bits per heavy atom. The molecule has 0 aliphatic carbocycles. The lowest BCUT2D eigenvalue weighted by Gasteiger charge is -2.25. The van der Waals surface area contributed by atoms with Gasteiger partial charge < -0.3 is 19.8 Å². The second-order valence-electron chi connectivity index (χ2n) is 12.6. The highest BCUT2D eigenvalue weighted by Crippen LogP contribution is 2.43. The van der Waals surface area contributed by atoms with E-state index in [0.717, 1.165) is 19.3 Å². The number of hydrogen-bond acceptors (Lipinski definition) is 5. The van der Waals surface area contributed by atoms with Crippen molar-refractivity contribution in [2.45, 2.75) is 142 Å². The maximum atomic E-state index is 12.2. The number of carbonyl (C=O) groups is 1. The number of aliphatic hydroxyl groups excluding tert-OH is 1. The fourth-order valence-electron chi connectivity index (χ4n) is 4.56. The topological polar surface area (TPSA) is 105 Å². The molecule has 1 amide bonds. The number of amides is 1. The van der Waals surface area contributed by atoms with Gasteiger partial charge in [-0.05, 0) is 25.7 Å². The van der Waals surface area contributed by atoms with Crippen molar-refractivity contribution in [2.24, 2.45) is 0 Å². The van der Waals surface area contributed by atoms with Gasteiger partial charge in [0.1, 0.15) is 13.2 Å². The van der Waals surface area contributed by atoms with Crippen LogP contribution < -0.4 is 5.32 Å². The lowest BCUT2D eigenvalue weighted by atomic mass is 10.0. The molecule has 3 N–H and O–H groups in total. The zero-order chi connectivity index (χ0) is 31.5. The van der Waals surface area contributed by atoms with E-state index in [0.29, 0.717) is 11.0 Å². The second-order valence-corrected chi connectivity index (χ2v) is 14.1. The van der Waals surface area contributed by atoms with Crippen LogP contribution in [0.25, 0.3) is 0 Å². The van der Waals surface area contributed by atoms with Crippen molar-refractivity contribution in [3.05, 3.63) is 24.3 Å². The summed E-state index contributed by atoms with van der Waals surface area (Å²) >= 11 is 0. The molecule has 248 valence electrons. The van der Waals surface area contributed by atoms with Gasteiger partial charge in [-0.1, -0.05) is 121 Å². The summed E-state index contributed by atoms with van der Waals surface area (Å²) in [6.07, 6.45) is 30.2. The van der Waals surface area contributed by atoms with E-state index < -0.39 is 20.0 Å². The quantitative estimate of drug-likeness (QED) is 0.0342. The second kappa shape index (κ2) is 26.4. The number of carbonyl (C=O) groups excluding carboxylic acids is 1. The summed E-state index contributed by atoms with van der Waals surface area (Å²) in [7, 11) is 1.54. The Kier molecular flexibility index (Phi) is 25.7. The van der Waals surface area contributed by atoms with Crippen LogP contribution in [0.5, 0.6) is 0 Å². The number of quaternary nitrogens is 1. The molecule has 0 aliphatic heterocycles. The first-order valence-electron chi connectivity index (χ1n) is 16.7. The molecule has 0 aliphatic rings. The van der Waals surface area contributed by atoms with Crippen LogP contribution in [0.4, 0.5) is 0 Å². The molecule has 9 heteroatoms. The first kappa shape index (κ1) is 41.0. The third-order valence-corrected chi connectivity index (χ3v) is 8.19. The number of phosphoric acid groups is 1. The molecule has 0 saturated heterocycles. The van der Waals surface area contributed by atoms with Crippen LogP contribution in [0.1, 0.15) is 129 Å². The predicted molar refractivity (Wildman–Crippen MR) is 175 cm³/mol. The lowest BCUT2D eigenvalue weighted by Crippen LogP contribution is -2.44. The highest BCUT2D eigenvalue weighted by atomic mass is 31.2. The number of unbranched alkanes of at least 4 members (excludes halogenated alkanes) is 16. The van der Waals surface area contributed by atoms with Gasteiger partial charge in [0.2, 0.25) is 5.91 Å². The normalized spacial score (nSPS) is 15.3. The molecule has 0 fully saturated rings. The fourth-order valence-corrected chi connectivity index (χ4v) is 5.30. The molecule has 0 radical (unpaired) electrons. The molecule has 42 heavy (non-hydrogen) atoms. The molecule has 0 saturated carbocycles. The van der Waals surface area contributed by atoms with Crippen LogP contribution in [0.3, 0.4) is 0 Å². The SMILES string of the molecule is CCCCCCCCCCCCCCCCC/C=C/CC/C=C/C(O)C(COP(=O)(O)OCC[N+](C)(C)C)NC(C)=O. The number of aliphatic hydroxyl groups is 1. The van der Waals surface area contributed by atoms with Crippen LogP contribution in [-0.4, -0.2) is 73.4 Å². The number of hydrogen-bond donors (Lipinski definition) is 3. The van der Waals surface area contributed by atoms with E-state index >= 15 is 0 Å². The maximum absolute atomic E-state index is 12.2. The molecular weight excluding hydrogens is 551 g/mol. The number of nitrogens with zero attached hydrogens (tertiary/aromatic N) is 1. The molecule has 0 aromatic heterocycles. The van der Waals surface area contributed by atoms with Gasteiger partial charge in [-0.2, -0.15) is 0 Å². The molecule has 8 nitrogen and oxygen atoms in total. The molecule has 0 rings (SSSR count). The van der Waals surface area contributed by atoms with Gasteiger partial charge in [0.25, 0.3) is 0 Å². The van der Waals surface area contributed by atoms with Crippen LogP contribution in [0, 0.1) is 0 Å². The van der Waals surface area contributed by atoms with E-state index in [1.807, 2.05) is 27.2 Å². The van der Waals surface area contributed by atoms with Crippen molar-refractivity contribution in [1.82, 2.24) is 5.32 Å². The number of allylic oxidation sites excluding steroid dienone is 3. The van der Waals surface area contributed by atoms with Crippen LogP contribution in [0.2, 0.25) is 0 Å². The van der Waals surface area contributed by atoms with Gasteiger partial charge >= 0.3 is 7.82 Å². The minimum Gasteiger partial charge on any atom is -0.387 e. The summed E-state index contributed by atoms with van der Waals surface area (Å²) in [4.78, 5) is 21.5. The Balaban J connectivity index is 3.92. The molecule has 0 aromatic rings. The number of phosphoric ester groups is 1. The zero-order valence-corrected chi connectivity index (χ0v) is 28.6. The first-order valence-corrected chi connectivity index (χ1v) is 18.2. The Labute approximate surface area is 258 Å². The van der Waals surface area contributed by atoms with Crippen LogP contribution in [-0.2, 0) is 18.4 Å². The van der Waals surface area contributed by atoms with E-state index in [1.54, 1.807) is 6.08 Å². The third-order valence-electron chi connectivity index (χ3n) is 7.21. The standard InChI is InChI=1S/C33H65N2O6P/c1-6-7-8-9-10-11-12-13-14-15-16-17-18-19-20-21-22-23-24-25-26-27-33(37)32(34-31(2)36)30-41-42(38,39)40-29-28-35(3,4)5/h22-23,26-27,32-33,37H,6-21,24-25,28-30H2,1-5H3,(H-,34,36,38,39)/p+1/b23-22+,27-26+. The number of nitrogens with one attached hydrogen (secondary N) is 1. The Bertz CT molecular complexity index is 753. The van der Waals surface area contributed by atoms with Gasteiger partial charge in [-0.15, -0.1) is 0 Å². The van der Waals surface area contributed by atoms with Crippen molar-refractivity contribution in [3.8, 4) is 0 Å². The highest BCUT2D eigenvalue weighted by Gasteiger charge is 2.27. The van der Waals surface area contributed by atoms with Gasteiger partial charge in [-0.25, -0.2) is 4.57 Å². The van der Waals surface area contributed by atoms with Gasteiger partial charge in [0.15, 0.2) is 0 Å². The Morgan fingerprint density at radius 2 is 1.26 bits per heavy atom. The smallest absolute Gasteiger partial charge is 0.387 e. The average molecular weight is 618 g/mol. The Morgan fingerprint density at radius 1 is 0.786 bits per heavy atom. The van der Waals surface area contributed by atoms with E-state index in [1.165, 1.54) is 103 Å². The van der Waals surface area contributed by atoms with E-state index in [9.17, 15) is 19.4 Å². The molecule has 0 aromatic carbocycles. The van der Waals surface area contributed by atoms with Gasteiger partial charge in [0, 0.05) is 6.92 Å². The summed E-state index contributed by atoms with van der Waals surface area (Å²) in [6, 6.07) is -0.859. The highest BCUT2D eigenvalue weighted by molar-refractivity contribution is 7.47. The fraction of sp³-hybridized carbons (Fsp3) is 0.848. The Hall–Kier alpha value is -1.02. The molecular formula is C33H66N2O6P+. The lowest BCUT2D eigenvalue weighted by molar-refractivity contribution is -0.870. The van der Waals surface area contributed by atoms with Crippen molar-refractivity contribution in [1.29, 1.82) is 0 Å². The first-order chi connectivity index (χ1) is 20.0. The minimum atomic E-state index is -4.29. The summed E-state index contributed by atoms with van der Waals surface area (Å²) in [5.74, 6) is -0.364. The predicted octanol–water partition coefficient (Wildman–Crippen LogP) is 7.85. The molecule has 3 unspecified atom stereocenters. The van der Waals surface area contributed by atoms with E-state index in [2.05, 4.69) is 24.4 Å². The van der Waals surface area contributed by atoms with Crippen molar-refractivity contribution >= 4 is 13.7 Å². The molecule has 0 heterocycles. The molecule has 0 spiro atoms. The summed E-state index contributed by atoms with van der Waals surface area (Å²) in [5.41, 5.74) is 0. The van der Waals surface area contributed by atoms with E-state index in [4.69, 9.17) is 9.05 Å². The molecule has 0 bridgehead atoms. The van der Waals surface area contributed by atoms with Crippen LogP contribution >= 0.6 is 7.82 Å². The summed E-state index contributed by atoms with van der Waals surface area (Å²) in [5, 5.41) is 13.1. The largest absolute Gasteiger partial charge is 0.472 e. The number of rotatable bonds is 29. The number of likely N-dealkylation sites (N-methyl/N-ethyl adjacent to an activating group) is 1. The van der Waals surface area contributed by atoms with Crippen molar-refractivity contribution < 1.29 is 32.9 Å². The summed E-state index contributed by atoms with van der Waals surface area (Å²) in [6.45, 7) is 3.84. The van der Waals surface area contributed by atoms with Gasteiger partial charge in [0.05, 0.1) is 39.9 Å². The van der Waals surface area contributed by atoms with Crippen molar-refractivity contribution in [3.63, 3.8) is 0 Å². The van der Waals surface area contributed by atoms with Crippen molar-refractivity contribution in [2.75, 3.05) is 40.9 Å². The molecule has 3 atom stereocenters. The van der Waals surface area contributed by atoms with E-state index in [-0.39, 0.29) is 19.1 Å². The van der Waals surface area contributed by atoms with Crippen LogP contribution in [0.15, 0.2) is 24.3 Å². The maximum Gasteiger partial charge on any atom is 0.472 e. The summed E-state index contributed by atoms with van der Waals surface area (Å²) < 4.78 is 22.8. The van der Waals surface area contributed by atoms with Gasteiger partial charge in [-0.3, -0.25) is 13.8 Å². The monoisotopic (exact) mass is 617 g/mol. The minimum absolute atomic E-state index is 0.0531. The zero-order valence-electron chi connectivity index (χ0n) is 27.7. The average Bonchev–Trinajstić information content (AvgIpc) is 2.90.